The van der Waals surface area contributed by atoms with E-state index in [9.17, 15) is 4.79 Å². The maximum Gasteiger partial charge on any atom is 0.323 e. The molecule has 0 saturated carbocycles. The molecule has 2 amide bonds. The second kappa shape index (κ2) is 14.0. The molecule has 0 aromatic heterocycles. The molecule has 2 N–H and O–H groups in total. The summed E-state index contributed by atoms with van der Waals surface area (Å²) in [5.41, 5.74) is 5.05. The van der Waals surface area contributed by atoms with E-state index < -0.39 is 0 Å². The summed E-state index contributed by atoms with van der Waals surface area (Å²) in [6.45, 7) is 18.0. The standard InChI is InChI=1S/C35H49N7O2S/c1-25(2)38-16-18-39(19-17-38)31-12-8-29(9-13-31)36-35(43)37-30-10-14-32(15-11-30)41-23-33(42-26(3)6-7-27(42)4)22-34(45-41)40-20-21-44-24-28(40)5/h8-15,22-23,25-28H,6-7,16-21,24H2,1-5H3,(H2,36,37,43)/t26-,27+,28?. The van der Waals surface area contributed by atoms with Gasteiger partial charge in [-0.2, -0.15) is 0 Å². The molecule has 0 spiro atoms. The summed E-state index contributed by atoms with van der Waals surface area (Å²) in [7, 11) is 0. The van der Waals surface area contributed by atoms with Crippen LogP contribution in [0.2, 0.25) is 0 Å². The van der Waals surface area contributed by atoms with Crippen molar-refractivity contribution >= 4 is 40.7 Å². The first-order valence-electron chi connectivity index (χ1n) is 16.6. The molecule has 4 aliphatic heterocycles. The Kier molecular flexibility index (Phi) is 9.82. The first-order chi connectivity index (χ1) is 21.7. The lowest BCUT2D eigenvalue weighted by Crippen LogP contribution is -2.48. The van der Waals surface area contributed by atoms with Crippen LogP contribution < -0.4 is 19.8 Å². The van der Waals surface area contributed by atoms with Gasteiger partial charge in [0.05, 0.1) is 35.7 Å². The van der Waals surface area contributed by atoms with Crippen LogP contribution in [0.15, 0.2) is 71.5 Å². The van der Waals surface area contributed by atoms with E-state index in [4.69, 9.17) is 4.74 Å². The van der Waals surface area contributed by atoms with E-state index in [1.165, 1.54) is 29.3 Å². The smallest absolute Gasteiger partial charge is 0.323 e. The van der Waals surface area contributed by atoms with Crippen LogP contribution in [0.25, 0.3) is 0 Å². The van der Waals surface area contributed by atoms with E-state index in [-0.39, 0.29) is 6.03 Å². The highest BCUT2D eigenvalue weighted by atomic mass is 32.2. The average Bonchev–Trinajstić information content (AvgIpc) is 3.39. The number of hydrogen-bond acceptors (Lipinski definition) is 8. The molecule has 3 atom stereocenters. The Bertz CT molecular complexity index is 1360. The summed E-state index contributed by atoms with van der Waals surface area (Å²) >= 11 is 1.75. The molecule has 242 valence electrons. The Hall–Kier alpha value is -3.34. The lowest BCUT2D eigenvalue weighted by atomic mass is 10.2. The maximum absolute atomic E-state index is 12.9. The summed E-state index contributed by atoms with van der Waals surface area (Å²) in [6, 6.07) is 17.9. The van der Waals surface area contributed by atoms with Crippen LogP contribution in [0.3, 0.4) is 0 Å². The van der Waals surface area contributed by atoms with Gasteiger partial charge in [-0.1, -0.05) is 0 Å². The highest BCUT2D eigenvalue weighted by molar-refractivity contribution is 8.04. The summed E-state index contributed by atoms with van der Waals surface area (Å²) in [4.78, 5) is 22.8. The van der Waals surface area contributed by atoms with Crippen molar-refractivity contribution in [3.8, 4) is 0 Å². The van der Waals surface area contributed by atoms with Crippen molar-refractivity contribution < 1.29 is 9.53 Å². The van der Waals surface area contributed by atoms with Crippen molar-refractivity contribution in [1.82, 2.24) is 14.7 Å². The van der Waals surface area contributed by atoms with E-state index in [0.717, 1.165) is 63.0 Å². The zero-order valence-corrected chi connectivity index (χ0v) is 28.2. The lowest BCUT2D eigenvalue weighted by molar-refractivity contribution is 0.0211. The van der Waals surface area contributed by atoms with Crippen molar-refractivity contribution in [3.63, 3.8) is 0 Å². The van der Waals surface area contributed by atoms with Crippen LogP contribution in [-0.4, -0.2) is 90.8 Å². The monoisotopic (exact) mass is 631 g/mol. The van der Waals surface area contributed by atoms with Crippen LogP contribution >= 0.6 is 11.9 Å². The first kappa shape index (κ1) is 31.6. The van der Waals surface area contributed by atoms with E-state index in [0.29, 0.717) is 24.2 Å². The van der Waals surface area contributed by atoms with Crippen molar-refractivity contribution in [2.75, 3.05) is 65.8 Å². The molecule has 1 unspecified atom stereocenters. The van der Waals surface area contributed by atoms with Crippen molar-refractivity contribution in [3.05, 3.63) is 71.5 Å². The van der Waals surface area contributed by atoms with E-state index in [2.05, 4.69) is 106 Å². The van der Waals surface area contributed by atoms with Gasteiger partial charge in [-0.3, -0.25) is 9.21 Å². The fourth-order valence-electron chi connectivity index (χ4n) is 6.84. The average molecular weight is 632 g/mol. The van der Waals surface area contributed by atoms with E-state index >= 15 is 0 Å². The number of allylic oxidation sites excluding steroid dienone is 1. The Balaban J connectivity index is 1.09. The minimum absolute atomic E-state index is 0.251. The molecule has 6 rings (SSSR count). The highest BCUT2D eigenvalue weighted by Crippen LogP contribution is 2.40. The van der Waals surface area contributed by atoms with Crippen LogP contribution in [0.1, 0.15) is 47.5 Å². The van der Waals surface area contributed by atoms with Gasteiger partial charge >= 0.3 is 6.03 Å². The van der Waals surface area contributed by atoms with Crippen LogP contribution in [0.5, 0.6) is 0 Å². The van der Waals surface area contributed by atoms with Gasteiger partial charge in [0.1, 0.15) is 0 Å². The Morgan fingerprint density at radius 2 is 1.42 bits per heavy atom. The number of carbonyl (C=O) groups excluding carboxylic acids is 1. The van der Waals surface area contributed by atoms with Crippen LogP contribution in [-0.2, 0) is 4.74 Å². The quantitative estimate of drug-likeness (QED) is 0.331. The zero-order valence-electron chi connectivity index (χ0n) is 27.4. The number of carbonyl (C=O) groups is 1. The number of benzene rings is 2. The normalized spacial score (nSPS) is 24.5. The molecule has 2 aromatic carbocycles. The number of morpholine rings is 1. The molecular formula is C35H49N7O2S. The first-order valence-corrected chi connectivity index (χ1v) is 17.3. The number of rotatable bonds is 7. The second-order valence-corrected chi connectivity index (χ2v) is 14.0. The van der Waals surface area contributed by atoms with Crippen molar-refractivity contribution in [2.24, 2.45) is 0 Å². The van der Waals surface area contributed by atoms with Gasteiger partial charge < -0.3 is 30.1 Å². The lowest BCUT2D eigenvalue weighted by Gasteiger charge is -2.41. The summed E-state index contributed by atoms with van der Waals surface area (Å²) in [6.07, 6.45) is 7.05. The topological polar surface area (TPSA) is 66.6 Å². The minimum atomic E-state index is -0.251. The molecular weight excluding hydrogens is 582 g/mol. The molecule has 0 radical (unpaired) electrons. The number of piperazine rings is 1. The molecule has 3 saturated heterocycles. The minimum Gasteiger partial charge on any atom is -0.377 e. The molecule has 0 bridgehead atoms. The summed E-state index contributed by atoms with van der Waals surface area (Å²) in [5.74, 6) is 0. The number of amides is 2. The van der Waals surface area contributed by atoms with Gasteiger partial charge in [0.2, 0.25) is 0 Å². The van der Waals surface area contributed by atoms with Gasteiger partial charge in [0.25, 0.3) is 0 Å². The van der Waals surface area contributed by atoms with Gasteiger partial charge in [-0.05, 0) is 102 Å². The molecule has 0 aliphatic carbocycles. The molecule has 4 heterocycles. The predicted molar refractivity (Wildman–Crippen MR) is 188 cm³/mol. The molecule has 2 aromatic rings. The van der Waals surface area contributed by atoms with Crippen LogP contribution in [0.4, 0.5) is 27.5 Å². The number of anilines is 4. The third kappa shape index (κ3) is 7.39. The third-order valence-corrected chi connectivity index (χ3v) is 10.6. The molecule has 4 aliphatic rings. The third-order valence-electron chi connectivity index (χ3n) is 9.53. The molecule has 9 nitrogen and oxygen atoms in total. The van der Waals surface area contributed by atoms with Gasteiger partial charge in [-0.15, -0.1) is 0 Å². The van der Waals surface area contributed by atoms with Gasteiger partial charge in [-0.25, -0.2) is 4.79 Å². The fourth-order valence-corrected chi connectivity index (χ4v) is 7.98. The second-order valence-electron chi connectivity index (χ2n) is 13.0. The van der Waals surface area contributed by atoms with Gasteiger partial charge in [0.15, 0.2) is 0 Å². The number of nitrogens with zero attached hydrogens (tertiary/aromatic N) is 5. The maximum atomic E-state index is 12.9. The number of likely N-dealkylation sites (tertiary alicyclic amines) is 1. The van der Waals surface area contributed by atoms with Gasteiger partial charge in [0, 0.05) is 86.1 Å². The van der Waals surface area contributed by atoms with Crippen LogP contribution in [0, 0.1) is 0 Å². The fraction of sp³-hybridized carbons (Fsp3) is 0.514. The molecule has 3 fully saturated rings. The number of nitrogens with one attached hydrogen (secondary N) is 2. The number of hydrogen-bond donors (Lipinski definition) is 2. The van der Waals surface area contributed by atoms with Crippen molar-refractivity contribution in [1.29, 1.82) is 0 Å². The van der Waals surface area contributed by atoms with E-state index in [1.807, 2.05) is 24.3 Å². The Labute approximate surface area is 273 Å². The Morgan fingerprint density at radius 1 is 0.822 bits per heavy atom. The predicted octanol–water partition coefficient (Wildman–Crippen LogP) is 6.61. The van der Waals surface area contributed by atoms with Crippen molar-refractivity contribution in [2.45, 2.75) is 71.6 Å². The number of ether oxygens (including phenoxy) is 1. The summed E-state index contributed by atoms with van der Waals surface area (Å²) < 4.78 is 8.00. The zero-order chi connectivity index (χ0) is 31.5. The molecule has 10 heteroatoms. The largest absolute Gasteiger partial charge is 0.377 e. The number of urea groups is 1. The summed E-state index contributed by atoms with van der Waals surface area (Å²) in [5, 5.41) is 7.23. The van der Waals surface area contributed by atoms with E-state index in [1.54, 1.807) is 11.9 Å². The highest BCUT2D eigenvalue weighted by Gasteiger charge is 2.33. The Morgan fingerprint density at radius 3 is 2.00 bits per heavy atom. The SMILES string of the molecule is CC(C)N1CCN(c2ccc(NC(=O)Nc3ccc(N4C=C(N5[C@H](C)CC[C@@H]5C)C=C(N5CCOCC5C)S4)cc3)cc2)CC1. The molecule has 45 heavy (non-hydrogen) atoms.